The summed E-state index contributed by atoms with van der Waals surface area (Å²) in [7, 11) is 0. The van der Waals surface area contributed by atoms with E-state index < -0.39 is 0 Å². The molecule has 1 aromatic carbocycles. The second kappa shape index (κ2) is 3.87. The third-order valence-electron chi connectivity index (χ3n) is 1.13. The Morgan fingerprint density at radius 3 is 2.22 bits per heavy atom. The molecule has 0 saturated heterocycles. The summed E-state index contributed by atoms with van der Waals surface area (Å²) < 4.78 is 1.58. The van der Waals surface area contributed by atoms with Crippen molar-refractivity contribution in [2.75, 3.05) is 0 Å². The zero-order chi connectivity index (χ0) is 6.69. The predicted octanol–water partition coefficient (Wildman–Crippen LogP) is 1.67. The number of rotatable bonds is 1. The van der Waals surface area contributed by atoms with Crippen LogP contribution in [0.1, 0.15) is 5.56 Å². The molecule has 0 saturated carbocycles. The molecule has 0 aliphatic heterocycles. The molecule has 0 aliphatic carbocycles. The first kappa shape index (κ1) is 7.93. The van der Waals surface area contributed by atoms with Crippen LogP contribution < -0.4 is 3.27 Å². The van der Waals surface area contributed by atoms with Gasteiger partial charge in [-0.2, -0.15) is 0 Å². The molecule has 9 heavy (non-hydrogen) atoms. The van der Waals surface area contributed by atoms with Gasteiger partial charge in [-0.15, -0.1) is 0 Å². The van der Waals surface area contributed by atoms with E-state index in [0.717, 1.165) is 0 Å². The maximum absolute atomic E-state index is 2.55. The zero-order valence-corrected chi connectivity index (χ0v) is 10.8. The van der Waals surface area contributed by atoms with Gasteiger partial charge in [0.25, 0.3) is 0 Å². The van der Waals surface area contributed by atoms with E-state index in [1.54, 1.807) is 3.27 Å². The first-order valence-electron chi connectivity index (χ1n) is 2.71. The van der Waals surface area contributed by atoms with Crippen molar-refractivity contribution in [2.45, 2.75) is 6.92 Å². The molecular formula is C7H7BiI+. The van der Waals surface area contributed by atoms with Crippen molar-refractivity contribution in [1.29, 1.82) is 0 Å². The molecule has 0 heterocycles. The standard InChI is InChI=1S/C7H7.Bi.HI/c1-7-5-3-2-4-6-7;;/h3-6H,1H3;;1H/q;+2;/p-1. The molecule has 0 spiro atoms. The van der Waals surface area contributed by atoms with E-state index in [9.17, 15) is 0 Å². The minimum atomic E-state index is -0.274. The fourth-order valence-electron chi connectivity index (χ4n) is 0.601. The monoisotopic (exact) mass is 427 g/mol. The van der Waals surface area contributed by atoms with Crippen LogP contribution in [-0.2, 0) is 0 Å². The Morgan fingerprint density at radius 1 is 1.22 bits per heavy atom. The average Bonchev–Trinajstić information content (AvgIpc) is 1.90. The van der Waals surface area contributed by atoms with Crippen LogP contribution in [-0.4, -0.2) is 19.0 Å². The normalized spacial score (nSPS) is 9.56. The van der Waals surface area contributed by atoms with Crippen molar-refractivity contribution >= 4 is 40.4 Å². The Balaban J connectivity index is 2.88. The van der Waals surface area contributed by atoms with Gasteiger partial charge >= 0.3 is 77.1 Å². The van der Waals surface area contributed by atoms with Gasteiger partial charge in [0.2, 0.25) is 0 Å². The first-order chi connectivity index (χ1) is 4.33. The van der Waals surface area contributed by atoms with E-state index in [2.05, 4.69) is 49.2 Å². The Kier molecular flexibility index (Phi) is 3.41. The van der Waals surface area contributed by atoms with E-state index in [1.807, 2.05) is 0 Å². The second-order valence-electron chi connectivity index (χ2n) is 1.92. The molecule has 1 aromatic rings. The third-order valence-corrected chi connectivity index (χ3v) is 7.94. The van der Waals surface area contributed by atoms with Crippen LogP contribution in [0.4, 0.5) is 0 Å². The van der Waals surface area contributed by atoms with Crippen LogP contribution in [0.5, 0.6) is 0 Å². The molecule has 46 valence electrons. The average molecular weight is 427 g/mol. The Labute approximate surface area is 76.3 Å². The van der Waals surface area contributed by atoms with E-state index >= 15 is 0 Å². The van der Waals surface area contributed by atoms with Crippen molar-refractivity contribution in [1.82, 2.24) is 0 Å². The molecule has 2 heteroatoms. The molecule has 0 N–H and O–H groups in total. The van der Waals surface area contributed by atoms with Crippen molar-refractivity contribution in [3.05, 3.63) is 29.8 Å². The first-order valence-corrected chi connectivity index (χ1v) is 14.2. The molecule has 1 rings (SSSR count). The van der Waals surface area contributed by atoms with Crippen molar-refractivity contribution in [2.24, 2.45) is 0 Å². The van der Waals surface area contributed by atoms with Gasteiger partial charge in [-0.3, -0.25) is 0 Å². The van der Waals surface area contributed by atoms with Gasteiger partial charge in [-0.1, -0.05) is 0 Å². The number of aryl methyl sites for hydroxylation is 1. The number of halogens is 1. The fourth-order valence-corrected chi connectivity index (χ4v) is 4.44. The molecule has 0 nitrogen and oxygen atoms in total. The van der Waals surface area contributed by atoms with E-state index in [0.29, 0.717) is 0 Å². The number of hydrogen-bond donors (Lipinski definition) is 0. The van der Waals surface area contributed by atoms with Crippen molar-refractivity contribution < 1.29 is 0 Å². The van der Waals surface area contributed by atoms with Crippen molar-refractivity contribution in [3.63, 3.8) is 0 Å². The van der Waals surface area contributed by atoms with E-state index in [-0.39, 0.29) is 19.0 Å². The van der Waals surface area contributed by atoms with Gasteiger partial charge in [-0.05, 0) is 0 Å². The maximum atomic E-state index is 2.55. The van der Waals surface area contributed by atoms with Crippen LogP contribution in [0, 0.1) is 6.92 Å². The quantitative estimate of drug-likeness (QED) is 0.473. The third kappa shape index (κ3) is 2.50. The topological polar surface area (TPSA) is 0 Å². The second-order valence-corrected chi connectivity index (χ2v) is 8.82. The molecule has 0 fully saturated rings. The summed E-state index contributed by atoms with van der Waals surface area (Å²) in [6.07, 6.45) is 0. The SMILES string of the molecule is Cc1cc[c]([Bi+][I])cc1. The van der Waals surface area contributed by atoms with Gasteiger partial charge < -0.3 is 0 Å². The minimum absolute atomic E-state index is 0.274. The molecular weight excluding hydrogens is 420 g/mol. The van der Waals surface area contributed by atoms with Gasteiger partial charge in [-0.25, -0.2) is 0 Å². The fraction of sp³-hybridized carbons (Fsp3) is 0.143. The summed E-state index contributed by atoms with van der Waals surface area (Å²) in [5, 5.41) is 0. The van der Waals surface area contributed by atoms with Crippen LogP contribution in [0.2, 0.25) is 0 Å². The van der Waals surface area contributed by atoms with Crippen LogP contribution >= 0.6 is 18.0 Å². The zero-order valence-electron chi connectivity index (χ0n) is 5.13. The summed E-state index contributed by atoms with van der Waals surface area (Å²) in [5.41, 5.74) is 1.37. The predicted molar refractivity (Wildman–Crippen MR) is 50.6 cm³/mol. The van der Waals surface area contributed by atoms with Crippen molar-refractivity contribution in [3.8, 4) is 0 Å². The molecule has 0 bridgehead atoms. The summed E-state index contributed by atoms with van der Waals surface area (Å²) in [4.78, 5) is 0. The number of hydrogen-bond acceptors (Lipinski definition) is 0. The summed E-state index contributed by atoms with van der Waals surface area (Å²) >= 11 is 2.27. The van der Waals surface area contributed by atoms with E-state index in [1.165, 1.54) is 5.56 Å². The molecule has 0 amide bonds. The Hall–Kier alpha value is 0.833. The number of benzene rings is 1. The summed E-state index contributed by atoms with van der Waals surface area (Å²) in [5.74, 6) is 0. The molecule has 2 radical (unpaired) electrons. The van der Waals surface area contributed by atoms with E-state index in [4.69, 9.17) is 0 Å². The van der Waals surface area contributed by atoms with Crippen LogP contribution in [0.15, 0.2) is 24.3 Å². The van der Waals surface area contributed by atoms with Gasteiger partial charge in [0.05, 0.1) is 0 Å². The Morgan fingerprint density at radius 2 is 1.78 bits per heavy atom. The summed E-state index contributed by atoms with van der Waals surface area (Å²) in [6.45, 7) is 2.13. The molecule has 0 aliphatic rings. The van der Waals surface area contributed by atoms with Crippen LogP contribution in [0.25, 0.3) is 0 Å². The Bertz CT molecular complexity index is 181. The molecule has 0 aromatic heterocycles. The molecule has 0 atom stereocenters. The van der Waals surface area contributed by atoms with Gasteiger partial charge in [0.1, 0.15) is 0 Å². The van der Waals surface area contributed by atoms with Gasteiger partial charge in [0, 0.05) is 0 Å². The molecule has 0 unspecified atom stereocenters. The van der Waals surface area contributed by atoms with Gasteiger partial charge in [0.15, 0.2) is 0 Å². The summed E-state index contributed by atoms with van der Waals surface area (Å²) in [6, 6.07) is 8.88. The van der Waals surface area contributed by atoms with Crippen LogP contribution in [0.3, 0.4) is 0 Å².